The lowest BCUT2D eigenvalue weighted by atomic mass is 10.1. The smallest absolute Gasteiger partial charge is 0.323 e. The van der Waals surface area contributed by atoms with E-state index in [1.165, 1.54) is 13.2 Å². The number of benzene rings is 1. The van der Waals surface area contributed by atoms with Crippen LogP contribution in [-0.4, -0.2) is 40.5 Å². The topological polar surface area (TPSA) is 96.5 Å². The molecule has 0 saturated carbocycles. The molecular weight excluding hydrogens is 246 g/mol. The van der Waals surface area contributed by atoms with Gasteiger partial charge in [-0.3, -0.25) is 14.6 Å². The van der Waals surface area contributed by atoms with Crippen molar-refractivity contribution in [2.45, 2.75) is 0 Å². The van der Waals surface area contributed by atoms with E-state index in [0.717, 1.165) is 10.3 Å². The number of hydrogen-bond donors (Lipinski definition) is 2. The van der Waals surface area contributed by atoms with Gasteiger partial charge in [0, 0.05) is 24.3 Å². The van der Waals surface area contributed by atoms with Crippen LogP contribution in [0.15, 0.2) is 30.5 Å². The summed E-state index contributed by atoms with van der Waals surface area (Å²) in [5, 5.41) is 10.1. The lowest BCUT2D eigenvalue weighted by Gasteiger charge is -2.15. The number of nitrogen functional groups attached to an aromatic ring is 1. The Morgan fingerprint density at radius 2 is 2.11 bits per heavy atom. The number of fused-ring (bicyclic) bond motifs is 1. The number of nitrogens with two attached hydrogens (primary N) is 1. The number of aromatic nitrogens is 1. The average molecular weight is 259 g/mol. The fraction of sp³-hybridized carbons (Fsp3) is 0.154. The van der Waals surface area contributed by atoms with Crippen LogP contribution in [0, 0.1) is 0 Å². The van der Waals surface area contributed by atoms with E-state index in [9.17, 15) is 9.59 Å². The van der Waals surface area contributed by atoms with Crippen molar-refractivity contribution < 1.29 is 14.7 Å². The van der Waals surface area contributed by atoms with Crippen molar-refractivity contribution >= 4 is 28.3 Å². The molecule has 2 aromatic rings. The number of likely N-dealkylation sites (N-methyl/N-ethyl adjacent to an activating group) is 1. The number of amides is 1. The Kier molecular flexibility index (Phi) is 3.33. The first kappa shape index (κ1) is 12.8. The Bertz CT molecular complexity index is 655. The van der Waals surface area contributed by atoms with Gasteiger partial charge >= 0.3 is 5.97 Å². The molecule has 1 aromatic carbocycles. The molecule has 0 spiro atoms. The van der Waals surface area contributed by atoms with Crippen molar-refractivity contribution in [2.75, 3.05) is 19.3 Å². The zero-order valence-electron chi connectivity index (χ0n) is 10.3. The fourth-order valence-corrected chi connectivity index (χ4v) is 1.82. The lowest BCUT2D eigenvalue weighted by molar-refractivity contribution is -0.137. The van der Waals surface area contributed by atoms with Crippen molar-refractivity contribution in [2.24, 2.45) is 0 Å². The van der Waals surface area contributed by atoms with Crippen LogP contribution in [-0.2, 0) is 4.79 Å². The Balaban J connectivity index is 2.45. The zero-order valence-corrected chi connectivity index (χ0v) is 10.3. The standard InChI is InChI=1S/C13H13N3O3/c1-16(7-11(17)18)13(19)12-10-3-2-9(14)6-8(10)4-5-15-12/h2-6H,7,14H2,1H3,(H,17,18). The second kappa shape index (κ2) is 4.93. The summed E-state index contributed by atoms with van der Waals surface area (Å²) in [5.41, 5.74) is 6.50. The molecule has 1 heterocycles. The van der Waals surface area contributed by atoms with E-state index in [1.807, 2.05) is 0 Å². The van der Waals surface area contributed by atoms with Gasteiger partial charge in [0.2, 0.25) is 0 Å². The molecule has 0 aliphatic heterocycles. The maximum absolute atomic E-state index is 12.1. The molecule has 98 valence electrons. The van der Waals surface area contributed by atoms with Gasteiger partial charge in [0.25, 0.3) is 5.91 Å². The zero-order chi connectivity index (χ0) is 14.0. The van der Waals surface area contributed by atoms with E-state index in [-0.39, 0.29) is 12.2 Å². The van der Waals surface area contributed by atoms with Crippen LogP contribution in [0.25, 0.3) is 10.8 Å². The maximum Gasteiger partial charge on any atom is 0.323 e. The van der Waals surface area contributed by atoms with Crippen LogP contribution in [0.5, 0.6) is 0 Å². The van der Waals surface area contributed by atoms with E-state index in [0.29, 0.717) is 11.1 Å². The maximum atomic E-state index is 12.1. The second-order valence-corrected chi connectivity index (χ2v) is 4.20. The molecule has 6 nitrogen and oxygen atoms in total. The summed E-state index contributed by atoms with van der Waals surface area (Å²) in [6.07, 6.45) is 1.50. The van der Waals surface area contributed by atoms with E-state index in [2.05, 4.69) is 4.98 Å². The summed E-state index contributed by atoms with van der Waals surface area (Å²) in [4.78, 5) is 27.9. The number of rotatable bonds is 3. The van der Waals surface area contributed by atoms with Crippen LogP contribution in [0.1, 0.15) is 10.5 Å². The normalized spacial score (nSPS) is 10.4. The minimum atomic E-state index is -1.07. The summed E-state index contributed by atoms with van der Waals surface area (Å²) < 4.78 is 0. The number of anilines is 1. The van der Waals surface area contributed by atoms with Gasteiger partial charge in [-0.05, 0) is 29.7 Å². The highest BCUT2D eigenvalue weighted by Crippen LogP contribution is 2.20. The number of nitrogens with zero attached hydrogens (tertiary/aromatic N) is 2. The van der Waals surface area contributed by atoms with Gasteiger partial charge in [0.1, 0.15) is 12.2 Å². The number of carbonyl (C=O) groups is 2. The van der Waals surface area contributed by atoms with Gasteiger partial charge < -0.3 is 15.7 Å². The van der Waals surface area contributed by atoms with Crippen molar-refractivity contribution in [3.8, 4) is 0 Å². The third-order valence-electron chi connectivity index (χ3n) is 2.71. The lowest BCUT2D eigenvalue weighted by Crippen LogP contribution is -2.32. The molecule has 1 amide bonds. The number of pyridine rings is 1. The van der Waals surface area contributed by atoms with Gasteiger partial charge in [0.15, 0.2) is 0 Å². The molecule has 0 bridgehead atoms. The first-order chi connectivity index (χ1) is 8.99. The quantitative estimate of drug-likeness (QED) is 0.801. The number of carboxylic acids is 1. The SMILES string of the molecule is CN(CC(=O)O)C(=O)c1nccc2cc(N)ccc12. The fourth-order valence-electron chi connectivity index (χ4n) is 1.82. The molecule has 0 aliphatic carbocycles. The van der Waals surface area contributed by atoms with Crippen LogP contribution in [0.3, 0.4) is 0 Å². The molecule has 2 rings (SSSR count). The van der Waals surface area contributed by atoms with Crippen molar-refractivity contribution in [3.63, 3.8) is 0 Å². The third-order valence-corrected chi connectivity index (χ3v) is 2.71. The van der Waals surface area contributed by atoms with Gasteiger partial charge in [-0.2, -0.15) is 0 Å². The number of carboxylic acid groups (broad SMARTS) is 1. The largest absolute Gasteiger partial charge is 0.480 e. The summed E-state index contributed by atoms with van der Waals surface area (Å²) in [6, 6.07) is 6.88. The third kappa shape index (κ3) is 2.62. The van der Waals surface area contributed by atoms with E-state index < -0.39 is 11.9 Å². The highest BCUT2D eigenvalue weighted by atomic mass is 16.4. The highest BCUT2D eigenvalue weighted by molar-refractivity contribution is 6.06. The monoisotopic (exact) mass is 259 g/mol. The Hall–Kier alpha value is -2.63. The Morgan fingerprint density at radius 1 is 1.37 bits per heavy atom. The number of carbonyl (C=O) groups excluding carboxylic acids is 1. The van der Waals surface area contributed by atoms with Crippen LogP contribution < -0.4 is 5.73 Å². The summed E-state index contributed by atoms with van der Waals surface area (Å²) in [6.45, 7) is -0.369. The van der Waals surface area contributed by atoms with E-state index >= 15 is 0 Å². The van der Waals surface area contributed by atoms with Crippen molar-refractivity contribution in [1.82, 2.24) is 9.88 Å². The predicted octanol–water partition coefficient (Wildman–Crippen LogP) is 0.974. The minimum Gasteiger partial charge on any atom is -0.480 e. The van der Waals surface area contributed by atoms with Gasteiger partial charge in [0.05, 0.1) is 0 Å². The van der Waals surface area contributed by atoms with Crippen LogP contribution >= 0.6 is 0 Å². The molecule has 0 radical (unpaired) electrons. The van der Waals surface area contributed by atoms with Gasteiger partial charge in [-0.1, -0.05) is 0 Å². The van der Waals surface area contributed by atoms with E-state index in [1.54, 1.807) is 24.3 Å². The summed E-state index contributed by atoms with van der Waals surface area (Å²) >= 11 is 0. The average Bonchev–Trinajstić information content (AvgIpc) is 2.36. The number of hydrogen-bond acceptors (Lipinski definition) is 4. The minimum absolute atomic E-state index is 0.223. The molecule has 3 N–H and O–H groups in total. The van der Waals surface area contributed by atoms with E-state index in [4.69, 9.17) is 10.8 Å². The molecule has 0 fully saturated rings. The molecule has 1 aromatic heterocycles. The van der Waals surface area contributed by atoms with Gasteiger partial charge in [-0.15, -0.1) is 0 Å². The summed E-state index contributed by atoms with van der Waals surface area (Å²) in [5.74, 6) is -1.50. The van der Waals surface area contributed by atoms with Gasteiger partial charge in [-0.25, -0.2) is 0 Å². The second-order valence-electron chi connectivity index (χ2n) is 4.20. The van der Waals surface area contributed by atoms with Crippen molar-refractivity contribution in [3.05, 3.63) is 36.2 Å². The summed E-state index contributed by atoms with van der Waals surface area (Å²) in [7, 11) is 1.42. The molecule has 0 atom stereocenters. The molecule has 6 heteroatoms. The first-order valence-electron chi connectivity index (χ1n) is 5.60. The highest BCUT2D eigenvalue weighted by Gasteiger charge is 2.18. The molecule has 0 aliphatic rings. The van der Waals surface area contributed by atoms with Crippen molar-refractivity contribution in [1.29, 1.82) is 0 Å². The molecule has 19 heavy (non-hydrogen) atoms. The Labute approximate surface area is 109 Å². The predicted molar refractivity (Wildman–Crippen MR) is 70.8 cm³/mol. The molecular formula is C13H13N3O3. The Morgan fingerprint density at radius 3 is 2.79 bits per heavy atom. The number of aliphatic carboxylic acids is 1. The van der Waals surface area contributed by atoms with Crippen LogP contribution in [0.2, 0.25) is 0 Å². The molecule has 0 saturated heterocycles. The molecule has 0 unspecified atom stereocenters. The van der Waals surface area contributed by atoms with Crippen LogP contribution in [0.4, 0.5) is 5.69 Å². The first-order valence-corrected chi connectivity index (χ1v) is 5.60.